The van der Waals surface area contributed by atoms with E-state index in [0.29, 0.717) is 24.8 Å². The highest BCUT2D eigenvalue weighted by molar-refractivity contribution is 5.98. The molecule has 0 atom stereocenters. The minimum absolute atomic E-state index is 0.0849. The van der Waals surface area contributed by atoms with Crippen molar-refractivity contribution in [3.05, 3.63) is 101 Å². The molecule has 1 saturated heterocycles. The van der Waals surface area contributed by atoms with Gasteiger partial charge in [0.05, 0.1) is 0 Å². The van der Waals surface area contributed by atoms with Crippen molar-refractivity contribution in [1.82, 2.24) is 4.90 Å². The van der Waals surface area contributed by atoms with Crippen LogP contribution in [-0.2, 0) is 0 Å². The van der Waals surface area contributed by atoms with E-state index in [0.717, 1.165) is 40.9 Å². The zero-order valence-electron chi connectivity index (χ0n) is 20.8. The van der Waals surface area contributed by atoms with Gasteiger partial charge in [0.1, 0.15) is 11.6 Å². The predicted octanol–water partition coefficient (Wildman–Crippen LogP) is 6.85. The van der Waals surface area contributed by atoms with Gasteiger partial charge >= 0.3 is 0 Å². The van der Waals surface area contributed by atoms with Crippen molar-refractivity contribution in [2.75, 3.05) is 19.7 Å². The minimum Gasteiger partial charge on any atom is -0.508 e. The fourth-order valence-electron chi connectivity index (χ4n) is 5.13. The number of piperidine rings is 1. The number of aliphatic hydroxyl groups is 1. The normalized spacial score (nSPS) is 15.9. The Morgan fingerprint density at radius 1 is 0.857 bits per heavy atom. The van der Waals surface area contributed by atoms with E-state index in [1.54, 1.807) is 24.3 Å². The molecule has 1 aliphatic rings. The molecule has 3 aromatic rings. The smallest absolute Gasteiger partial charge is 0.123 e. The van der Waals surface area contributed by atoms with Crippen molar-refractivity contribution in [2.24, 2.45) is 0 Å². The van der Waals surface area contributed by atoms with E-state index >= 15 is 0 Å². The largest absolute Gasteiger partial charge is 0.508 e. The van der Waals surface area contributed by atoms with Crippen molar-refractivity contribution in [3.8, 4) is 5.75 Å². The van der Waals surface area contributed by atoms with Crippen molar-refractivity contribution in [3.63, 3.8) is 0 Å². The average molecular weight is 474 g/mol. The highest BCUT2D eigenvalue weighted by Crippen LogP contribution is 2.37. The SMILES string of the molecule is CC(C)N1CCC(c2ccc(C(=C(CCCO)c3ccc(F)cc3)c3ccc(O)cc3)cc2)CC1. The molecule has 2 N–H and O–H groups in total. The number of hydrogen-bond donors (Lipinski definition) is 2. The molecule has 1 fully saturated rings. The van der Waals surface area contributed by atoms with E-state index in [-0.39, 0.29) is 18.2 Å². The standard InChI is InChI=1S/C31H36FNO2/c1-22(2)33-19-17-24(18-20-33)23-5-7-26(8-6-23)31(27-11-15-29(35)16-12-27)30(4-3-21-34)25-9-13-28(32)14-10-25/h5-16,22,24,34-35H,3-4,17-21H2,1-2H3. The van der Waals surface area contributed by atoms with Gasteiger partial charge in [-0.3, -0.25) is 0 Å². The summed E-state index contributed by atoms with van der Waals surface area (Å²) in [4.78, 5) is 2.55. The quantitative estimate of drug-likeness (QED) is 0.352. The summed E-state index contributed by atoms with van der Waals surface area (Å²) in [7, 11) is 0. The van der Waals surface area contributed by atoms with Crippen LogP contribution in [0.15, 0.2) is 72.8 Å². The van der Waals surface area contributed by atoms with Gasteiger partial charge in [-0.25, -0.2) is 4.39 Å². The van der Waals surface area contributed by atoms with Gasteiger partial charge in [0.25, 0.3) is 0 Å². The maximum absolute atomic E-state index is 13.7. The first-order valence-corrected chi connectivity index (χ1v) is 12.7. The summed E-state index contributed by atoms with van der Waals surface area (Å²) in [5.41, 5.74) is 6.48. The fourth-order valence-corrected chi connectivity index (χ4v) is 5.13. The molecule has 184 valence electrons. The monoisotopic (exact) mass is 473 g/mol. The molecular weight excluding hydrogens is 437 g/mol. The molecule has 0 radical (unpaired) electrons. The molecule has 1 heterocycles. The van der Waals surface area contributed by atoms with E-state index in [9.17, 15) is 14.6 Å². The zero-order valence-corrected chi connectivity index (χ0v) is 20.8. The Morgan fingerprint density at radius 3 is 1.94 bits per heavy atom. The van der Waals surface area contributed by atoms with Crippen LogP contribution >= 0.6 is 0 Å². The van der Waals surface area contributed by atoms with Crippen molar-refractivity contribution < 1.29 is 14.6 Å². The molecule has 0 bridgehead atoms. The zero-order chi connectivity index (χ0) is 24.8. The third-order valence-electron chi connectivity index (χ3n) is 7.17. The number of benzene rings is 3. The van der Waals surface area contributed by atoms with Gasteiger partial charge in [0.15, 0.2) is 0 Å². The topological polar surface area (TPSA) is 43.7 Å². The van der Waals surface area contributed by atoms with Gasteiger partial charge in [0, 0.05) is 12.6 Å². The molecule has 1 aliphatic heterocycles. The lowest BCUT2D eigenvalue weighted by atomic mass is 9.85. The summed E-state index contributed by atoms with van der Waals surface area (Å²) < 4.78 is 13.7. The third-order valence-corrected chi connectivity index (χ3v) is 7.17. The number of allylic oxidation sites excluding steroid dienone is 1. The van der Waals surface area contributed by atoms with Crippen LogP contribution in [0.1, 0.15) is 67.7 Å². The van der Waals surface area contributed by atoms with Gasteiger partial charge in [-0.2, -0.15) is 0 Å². The van der Waals surface area contributed by atoms with Crippen LogP contribution in [0.5, 0.6) is 5.75 Å². The first kappa shape index (κ1) is 25.2. The second-order valence-corrected chi connectivity index (χ2v) is 9.76. The fraction of sp³-hybridized carbons (Fsp3) is 0.355. The number of nitrogens with zero attached hydrogens (tertiary/aromatic N) is 1. The molecule has 4 heteroatoms. The molecule has 35 heavy (non-hydrogen) atoms. The summed E-state index contributed by atoms with van der Waals surface area (Å²) >= 11 is 0. The molecule has 4 rings (SSSR count). The molecule has 0 aromatic heterocycles. The molecule has 3 nitrogen and oxygen atoms in total. The van der Waals surface area contributed by atoms with Crippen LogP contribution in [-0.4, -0.2) is 40.9 Å². The van der Waals surface area contributed by atoms with E-state index in [1.807, 2.05) is 12.1 Å². The second-order valence-electron chi connectivity index (χ2n) is 9.76. The number of aromatic hydroxyl groups is 1. The van der Waals surface area contributed by atoms with Crippen LogP contribution in [0.25, 0.3) is 11.1 Å². The molecule has 3 aromatic carbocycles. The highest BCUT2D eigenvalue weighted by Gasteiger charge is 2.22. The second kappa shape index (κ2) is 11.7. The maximum atomic E-state index is 13.7. The van der Waals surface area contributed by atoms with Gasteiger partial charge in [-0.05, 0) is 116 Å². The number of hydrogen-bond acceptors (Lipinski definition) is 3. The molecule has 0 saturated carbocycles. The average Bonchev–Trinajstić information content (AvgIpc) is 2.88. The lowest BCUT2D eigenvalue weighted by Gasteiger charge is -2.34. The van der Waals surface area contributed by atoms with Crippen LogP contribution in [0.2, 0.25) is 0 Å². The molecule has 0 spiro atoms. The van der Waals surface area contributed by atoms with Crippen LogP contribution in [0.3, 0.4) is 0 Å². The molecule has 0 aliphatic carbocycles. The lowest BCUT2D eigenvalue weighted by Crippen LogP contribution is -2.37. The molecule has 0 amide bonds. The number of halogens is 1. The van der Waals surface area contributed by atoms with Gasteiger partial charge in [-0.15, -0.1) is 0 Å². The van der Waals surface area contributed by atoms with Gasteiger partial charge in [0.2, 0.25) is 0 Å². The third kappa shape index (κ3) is 6.19. The number of rotatable bonds is 8. The Labute approximate surface area is 208 Å². The summed E-state index contributed by atoms with van der Waals surface area (Å²) in [6.07, 6.45) is 3.62. The Hall–Kier alpha value is -2.95. The number of phenolic OH excluding ortho intramolecular Hbond substituents is 1. The Balaban J connectivity index is 1.73. The summed E-state index contributed by atoms with van der Waals surface area (Å²) in [6, 6.07) is 23.3. The highest BCUT2D eigenvalue weighted by atomic mass is 19.1. The summed E-state index contributed by atoms with van der Waals surface area (Å²) in [5, 5.41) is 19.5. The van der Waals surface area contributed by atoms with Crippen molar-refractivity contribution in [2.45, 2.75) is 51.5 Å². The minimum atomic E-state index is -0.269. The maximum Gasteiger partial charge on any atom is 0.123 e. The number of aliphatic hydroxyl groups excluding tert-OH is 1. The van der Waals surface area contributed by atoms with Gasteiger partial charge in [-0.1, -0.05) is 48.5 Å². The summed E-state index contributed by atoms with van der Waals surface area (Å²) in [5.74, 6) is 0.523. The lowest BCUT2D eigenvalue weighted by molar-refractivity contribution is 0.172. The van der Waals surface area contributed by atoms with Crippen molar-refractivity contribution in [1.29, 1.82) is 0 Å². The number of phenols is 1. The summed E-state index contributed by atoms with van der Waals surface area (Å²) in [6.45, 7) is 6.89. The predicted molar refractivity (Wildman–Crippen MR) is 142 cm³/mol. The van der Waals surface area contributed by atoms with E-state index in [1.165, 1.54) is 30.5 Å². The molecular formula is C31H36FNO2. The van der Waals surface area contributed by atoms with Crippen molar-refractivity contribution >= 4 is 11.1 Å². The molecule has 0 unspecified atom stereocenters. The van der Waals surface area contributed by atoms with E-state index < -0.39 is 0 Å². The van der Waals surface area contributed by atoms with Gasteiger partial charge < -0.3 is 15.1 Å². The first-order chi connectivity index (χ1) is 17.0. The Kier molecular flexibility index (Phi) is 8.37. The number of likely N-dealkylation sites (tertiary alicyclic amines) is 1. The van der Waals surface area contributed by atoms with Crippen LogP contribution < -0.4 is 0 Å². The van der Waals surface area contributed by atoms with Crippen LogP contribution in [0.4, 0.5) is 4.39 Å². The van der Waals surface area contributed by atoms with E-state index in [4.69, 9.17) is 0 Å². The van der Waals surface area contributed by atoms with Crippen LogP contribution in [0, 0.1) is 5.82 Å². The van der Waals surface area contributed by atoms with E-state index in [2.05, 4.69) is 43.0 Å². The Bertz CT molecular complexity index is 1110. The first-order valence-electron chi connectivity index (χ1n) is 12.7. The Morgan fingerprint density at radius 2 is 1.40 bits per heavy atom.